The van der Waals surface area contributed by atoms with Gasteiger partial charge in [-0.3, -0.25) is 0 Å². The predicted molar refractivity (Wildman–Crippen MR) is 80.1 cm³/mol. The van der Waals surface area contributed by atoms with Crippen LogP contribution in [0.5, 0.6) is 0 Å². The average Bonchev–Trinajstić information content (AvgIpc) is 2.34. The lowest BCUT2D eigenvalue weighted by molar-refractivity contribution is 0.591. The fourth-order valence-electron chi connectivity index (χ4n) is 2.63. The molecule has 3 rings (SSSR count). The van der Waals surface area contributed by atoms with Gasteiger partial charge in [0.2, 0.25) is 0 Å². The highest BCUT2D eigenvalue weighted by atomic mass is 14.2. The maximum atomic E-state index is 2.36. The minimum atomic E-state index is 0.222. The van der Waals surface area contributed by atoms with Crippen LogP contribution in [0.4, 0.5) is 0 Å². The van der Waals surface area contributed by atoms with Crippen LogP contribution in [0.1, 0.15) is 39.2 Å². The van der Waals surface area contributed by atoms with E-state index in [-0.39, 0.29) is 5.41 Å². The molecule has 0 radical (unpaired) electrons. The Morgan fingerprint density at radius 2 is 1.39 bits per heavy atom. The van der Waals surface area contributed by atoms with Gasteiger partial charge < -0.3 is 0 Å². The summed E-state index contributed by atoms with van der Waals surface area (Å²) < 4.78 is 0. The minimum Gasteiger partial charge on any atom is -0.0763 e. The van der Waals surface area contributed by atoms with Crippen LogP contribution in [-0.2, 0) is 5.41 Å². The Labute approximate surface area is 109 Å². The van der Waals surface area contributed by atoms with Gasteiger partial charge in [0.15, 0.2) is 0 Å². The second-order valence-corrected chi connectivity index (χ2v) is 6.28. The molecule has 0 N–H and O–H groups in total. The molecule has 92 valence electrons. The summed E-state index contributed by atoms with van der Waals surface area (Å²) in [6.45, 7) is 6.81. The Kier molecular flexibility index (Phi) is 2.55. The maximum Gasteiger partial charge on any atom is -0.0132 e. The number of hydrogen-bond acceptors (Lipinski definition) is 0. The molecule has 0 atom stereocenters. The lowest BCUT2D eigenvalue weighted by atomic mass is 9.85. The van der Waals surface area contributed by atoms with E-state index in [4.69, 9.17) is 0 Å². The molecule has 0 heteroatoms. The zero-order valence-corrected chi connectivity index (χ0v) is 11.5. The van der Waals surface area contributed by atoms with Crippen LogP contribution >= 0.6 is 0 Å². The fourth-order valence-corrected chi connectivity index (χ4v) is 2.63. The molecular weight excluding hydrogens is 216 g/mol. The van der Waals surface area contributed by atoms with Crippen molar-refractivity contribution in [3.05, 3.63) is 46.3 Å². The van der Waals surface area contributed by atoms with Crippen molar-refractivity contribution in [1.82, 2.24) is 0 Å². The van der Waals surface area contributed by atoms with Crippen molar-refractivity contribution in [1.29, 1.82) is 0 Å². The quantitative estimate of drug-likeness (QED) is 0.657. The highest BCUT2D eigenvalue weighted by molar-refractivity contribution is 5.84. The molecule has 0 aromatic heterocycles. The standard InChI is InChI=1S/C18H20/c1-18(2,3)17-9-8-15-10-13-6-4-5-7-14(13)11-16(15)12-17/h6-12H,4-5H2,1-3H3. The summed E-state index contributed by atoms with van der Waals surface area (Å²) >= 11 is 0. The Hall–Kier alpha value is -1.56. The molecule has 0 saturated heterocycles. The Balaban J connectivity index is 2.30. The third-order valence-electron chi connectivity index (χ3n) is 3.80. The summed E-state index contributed by atoms with van der Waals surface area (Å²) in [6.07, 6.45) is 7.07. The molecule has 0 bridgehead atoms. The predicted octanol–water partition coefficient (Wildman–Crippen LogP) is 3.49. The van der Waals surface area contributed by atoms with Crippen molar-refractivity contribution >= 4 is 22.9 Å². The van der Waals surface area contributed by atoms with Crippen LogP contribution in [0.3, 0.4) is 0 Å². The van der Waals surface area contributed by atoms with Crippen LogP contribution in [-0.4, -0.2) is 0 Å². The summed E-state index contributed by atoms with van der Waals surface area (Å²) in [6, 6.07) is 11.5. The SMILES string of the molecule is CC(C)(C)c1ccc2cc3c(cc2c1)=CCCC=3. The molecule has 18 heavy (non-hydrogen) atoms. The topological polar surface area (TPSA) is 0 Å². The van der Waals surface area contributed by atoms with E-state index >= 15 is 0 Å². The zero-order chi connectivity index (χ0) is 12.8. The van der Waals surface area contributed by atoms with Crippen LogP contribution in [0.15, 0.2) is 30.3 Å². The second-order valence-electron chi connectivity index (χ2n) is 6.28. The Morgan fingerprint density at radius 1 is 0.778 bits per heavy atom. The first-order chi connectivity index (χ1) is 8.54. The molecule has 0 amide bonds. The van der Waals surface area contributed by atoms with Gasteiger partial charge in [0.05, 0.1) is 0 Å². The molecule has 0 aliphatic heterocycles. The molecule has 1 aliphatic carbocycles. The van der Waals surface area contributed by atoms with Crippen molar-refractivity contribution in [2.45, 2.75) is 39.0 Å². The number of benzene rings is 2. The smallest absolute Gasteiger partial charge is 0.0132 e. The maximum absolute atomic E-state index is 2.36. The van der Waals surface area contributed by atoms with Gasteiger partial charge in [-0.05, 0) is 57.2 Å². The fraction of sp³-hybridized carbons (Fsp3) is 0.333. The van der Waals surface area contributed by atoms with Crippen molar-refractivity contribution in [3.8, 4) is 0 Å². The van der Waals surface area contributed by atoms with Crippen molar-refractivity contribution in [3.63, 3.8) is 0 Å². The van der Waals surface area contributed by atoms with Crippen molar-refractivity contribution in [2.24, 2.45) is 0 Å². The molecule has 0 heterocycles. The average molecular weight is 236 g/mol. The Bertz CT molecular complexity index is 712. The molecule has 0 nitrogen and oxygen atoms in total. The molecule has 0 fully saturated rings. The van der Waals surface area contributed by atoms with E-state index in [0.29, 0.717) is 0 Å². The molecule has 1 aliphatic rings. The lowest BCUT2D eigenvalue weighted by Crippen LogP contribution is -2.26. The second kappa shape index (κ2) is 3.98. The lowest BCUT2D eigenvalue weighted by Gasteiger charge is -2.19. The first-order valence-electron chi connectivity index (χ1n) is 6.79. The largest absolute Gasteiger partial charge is 0.0763 e. The summed E-state index contributed by atoms with van der Waals surface area (Å²) in [5.41, 5.74) is 1.63. The van der Waals surface area contributed by atoms with Crippen molar-refractivity contribution in [2.75, 3.05) is 0 Å². The molecule has 0 saturated carbocycles. The number of fused-ring (bicyclic) bond motifs is 2. The monoisotopic (exact) mass is 236 g/mol. The van der Waals surface area contributed by atoms with E-state index in [1.165, 1.54) is 39.6 Å². The van der Waals surface area contributed by atoms with Crippen LogP contribution in [0, 0.1) is 0 Å². The third-order valence-corrected chi connectivity index (χ3v) is 3.80. The van der Waals surface area contributed by atoms with E-state index in [2.05, 4.69) is 63.3 Å². The summed E-state index contributed by atoms with van der Waals surface area (Å²) in [5.74, 6) is 0. The molecule has 2 aromatic rings. The van der Waals surface area contributed by atoms with E-state index < -0.39 is 0 Å². The zero-order valence-electron chi connectivity index (χ0n) is 11.5. The van der Waals surface area contributed by atoms with E-state index in [0.717, 1.165) is 0 Å². The van der Waals surface area contributed by atoms with E-state index in [9.17, 15) is 0 Å². The summed E-state index contributed by atoms with van der Waals surface area (Å²) in [4.78, 5) is 0. The molecule has 0 unspecified atom stereocenters. The Morgan fingerprint density at radius 3 is 2.00 bits per heavy atom. The molecule has 0 spiro atoms. The van der Waals surface area contributed by atoms with Crippen LogP contribution in [0.2, 0.25) is 0 Å². The summed E-state index contributed by atoms with van der Waals surface area (Å²) in [7, 11) is 0. The van der Waals surface area contributed by atoms with Gasteiger partial charge in [0.1, 0.15) is 0 Å². The third kappa shape index (κ3) is 1.96. The number of hydrogen-bond donors (Lipinski definition) is 0. The van der Waals surface area contributed by atoms with Crippen LogP contribution in [0.25, 0.3) is 22.9 Å². The van der Waals surface area contributed by atoms with Gasteiger partial charge in [-0.15, -0.1) is 0 Å². The minimum absolute atomic E-state index is 0.222. The van der Waals surface area contributed by atoms with Gasteiger partial charge in [0, 0.05) is 0 Å². The highest BCUT2D eigenvalue weighted by Crippen LogP contribution is 2.25. The van der Waals surface area contributed by atoms with Gasteiger partial charge in [-0.25, -0.2) is 0 Å². The van der Waals surface area contributed by atoms with Gasteiger partial charge in [0.25, 0.3) is 0 Å². The molecular formula is C18H20. The number of rotatable bonds is 0. The van der Waals surface area contributed by atoms with Crippen LogP contribution < -0.4 is 10.4 Å². The summed E-state index contributed by atoms with van der Waals surface area (Å²) in [5, 5.41) is 5.53. The molecule has 2 aromatic carbocycles. The van der Waals surface area contributed by atoms with Gasteiger partial charge in [-0.1, -0.05) is 51.1 Å². The first kappa shape index (κ1) is 11.5. The van der Waals surface area contributed by atoms with Gasteiger partial charge in [-0.2, -0.15) is 0 Å². The van der Waals surface area contributed by atoms with E-state index in [1.807, 2.05) is 0 Å². The highest BCUT2D eigenvalue weighted by Gasteiger charge is 2.13. The van der Waals surface area contributed by atoms with Crippen molar-refractivity contribution < 1.29 is 0 Å². The van der Waals surface area contributed by atoms with E-state index in [1.54, 1.807) is 0 Å². The normalized spacial score (nSPS) is 14.8. The van der Waals surface area contributed by atoms with Gasteiger partial charge >= 0.3 is 0 Å². The first-order valence-corrected chi connectivity index (χ1v) is 6.79.